The van der Waals surface area contributed by atoms with Crippen LogP contribution in [0.5, 0.6) is 0 Å². The molecule has 0 aromatic carbocycles. The Balaban J connectivity index is 4.34. The van der Waals surface area contributed by atoms with Gasteiger partial charge in [0.2, 0.25) is 0 Å². The highest BCUT2D eigenvalue weighted by Gasteiger charge is 2.02. The first-order valence-corrected chi connectivity index (χ1v) is 3.67. The number of carbonyl (C=O) groups is 1. The number of methoxy groups -OCH3 is 1. The topological polar surface area (TPSA) is 26.3 Å². The van der Waals surface area contributed by atoms with Gasteiger partial charge in [-0.2, -0.15) is 0 Å². The van der Waals surface area contributed by atoms with E-state index in [1.54, 1.807) is 6.08 Å². The van der Waals surface area contributed by atoms with Crippen LogP contribution in [0.4, 0.5) is 0 Å². The molecule has 0 saturated carbocycles. The van der Waals surface area contributed by atoms with Gasteiger partial charge in [-0.15, -0.1) is 0 Å². The third-order valence-corrected chi connectivity index (χ3v) is 1.19. The first-order chi connectivity index (χ1) is 5.26. The van der Waals surface area contributed by atoms with E-state index in [0.29, 0.717) is 5.57 Å². The summed E-state index contributed by atoms with van der Waals surface area (Å²) in [6, 6.07) is 0. The van der Waals surface area contributed by atoms with Crippen LogP contribution in [0.1, 0.15) is 20.3 Å². The van der Waals surface area contributed by atoms with Crippen LogP contribution in [0.25, 0.3) is 0 Å². The molecule has 0 saturated heterocycles. The van der Waals surface area contributed by atoms with Gasteiger partial charge in [-0.05, 0) is 13.3 Å². The largest absolute Gasteiger partial charge is 0.465 e. The molecule has 11 heavy (non-hydrogen) atoms. The number of esters is 1. The van der Waals surface area contributed by atoms with Crippen LogP contribution in [0.3, 0.4) is 0 Å². The van der Waals surface area contributed by atoms with Gasteiger partial charge in [-0.1, -0.05) is 25.2 Å². The summed E-state index contributed by atoms with van der Waals surface area (Å²) in [7, 11) is 1.38. The van der Waals surface area contributed by atoms with Crippen LogP contribution in [0.2, 0.25) is 0 Å². The van der Waals surface area contributed by atoms with Crippen molar-refractivity contribution < 1.29 is 9.53 Å². The molecular formula is C9H14O2. The summed E-state index contributed by atoms with van der Waals surface area (Å²) in [5.41, 5.74) is 0.623. The molecule has 0 rings (SSSR count). The number of hydrogen-bond acceptors (Lipinski definition) is 2. The minimum absolute atomic E-state index is 0.273. The second-order valence-electron chi connectivity index (χ2n) is 2.06. The van der Waals surface area contributed by atoms with Gasteiger partial charge < -0.3 is 4.74 Å². The third-order valence-electron chi connectivity index (χ3n) is 1.19. The van der Waals surface area contributed by atoms with Crippen molar-refractivity contribution in [2.24, 2.45) is 0 Å². The fourth-order valence-corrected chi connectivity index (χ4v) is 0.737. The van der Waals surface area contributed by atoms with Crippen molar-refractivity contribution in [3.8, 4) is 0 Å². The van der Waals surface area contributed by atoms with Gasteiger partial charge in [-0.3, -0.25) is 0 Å². The second-order valence-corrected chi connectivity index (χ2v) is 2.06. The quantitative estimate of drug-likeness (QED) is 0.353. The normalized spacial score (nSPS) is 12.1. The fraction of sp³-hybridized carbons (Fsp3) is 0.444. The number of rotatable bonds is 3. The first-order valence-electron chi connectivity index (χ1n) is 3.67. The lowest BCUT2D eigenvalue weighted by Crippen LogP contribution is -2.02. The van der Waals surface area contributed by atoms with Gasteiger partial charge in [-0.25, -0.2) is 4.79 Å². The molecule has 0 aliphatic carbocycles. The predicted octanol–water partition coefficient (Wildman–Crippen LogP) is 2.07. The lowest BCUT2D eigenvalue weighted by atomic mass is 10.2. The average Bonchev–Trinajstić information content (AvgIpc) is 2.03. The molecule has 0 amide bonds. The molecule has 0 N–H and O–H groups in total. The van der Waals surface area contributed by atoms with Gasteiger partial charge in [0.1, 0.15) is 0 Å². The van der Waals surface area contributed by atoms with Gasteiger partial charge in [0.25, 0.3) is 0 Å². The average molecular weight is 154 g/mol. The zero-order chi connectivity index (χ0) is 8.69. The van der Waals surface area contributed by atoms with E-state index in [2.05, 4.69) is 4.74 Å². The molecule has 2 nitrogen and oxygen atoms in total. The Morgan fingerprint density at radius 2 is 2.18 bits per heavy atom. The van der Waals surface area contributed by atoms with E-state index in [4.69, 9.17) is 0 Å². The van der Waals surface area contributed by atoms with Crippen molar-refractivity contribution in [2.75, 3.05) is 7.11 Å². The Kier molecular flexibility index (Phi) is 5.17. The molecular weight excluding hydrogens is 140 g/mol. The van der Waals surface area contributed by atoms with Gasteiger partial charge in [0.15, 0.2) is 0 Å². The number of allylic oxidation sites excluding steroid dienone is 2. The molecule has 0 aliphatic heterocycles. The maximum atomic E-state index is 11.0. The molecule has 0 unspecified atom stereocenters. The molecule has 0 radical (unpaired) electrons. The molecule has 0 bridgehead atoms. The maximum absolute atomic E-state index is 11.0. The smallest absolute Gasteiger partial charge is 0.337 e. The molecule has 0 aromatic rings. The van der Waals surface area contributed by atoms with Crippen molar-refractivity contribution >= 4 is 5.97 Å². The highest BCUT2D eigenvalue weighted by atomic mass is 16.5. The summed E-state index contributed by atoms with van der Waals surface area (Å²) in [6.07, 6.45) is 6.24. The Morgan fingerprint density at radius 3 is 2.55 bits per heavy atom. The van der Waals surface area contributed by atoms with Crippen molar-refractivity contribution in [3.05, 3.63) is 23.8 Å². The van der Waals surface area contributed by atoms with Crippen LogP contribution < -0.4 is 0 Å². The third kappa shape index (κ3) is 3.61. The predicted molar refractivity (Wildman–Crippen MR) is 45.2 cm³/mol. The number of carbonyl (C=O) groups excluding carboxylic acids is 1. The minimum Gasteiger partial charge on any atom is -0.465 e. The SMILES string of the molecule is C/C=C\C(=C/CC)C(=O)OC. The molecule has 62 valence electrons. The Labute approximate surface area is 67.6 Å². The van der Waals surface area contributed by atoms with E-state index < -0.39 is 0 Å². The van der Waals surface area contributed by atoms with Crippen LogP contribution in [0.15, 0.2) is 23.8 Å². The number of hydrogen-bond donors (Lipinski definition) is 0. The zero-order valence-electron chi connectivity index (χ0n) is 7.26. The lowest BCUT2D eigenvalue weighted by Gasteiger charge is -1.97. The Morgan fingerprint density at radius 1 is 1.55 bits per heavy atom. The summed E-state index contributed by atoms with van der Waals surface area (Å²) < 4.78 is 4.56. The summed E-state index contributed by atoms with van der Waals surface area (Å²) in [5.74, 6) is -0.273. The summed E-state index contributed by atoms with van der Waals surface area (Å²) in [6.45, 7) is 3.85. The van der Waals surface area contributed by atoms with E-state index in [1.165, 1.54) is 7.11 Å². The standard InChI is InChI=1S/C9H14O2/c1-4-6-8(7-5-2)9(10)11-3/h4,6-7H,5H2,1-3H3/b6-4-,8-7+. The summed E-state index contributed by atoms with van der Waals surface area (Å²) in [5, 5.41) is 0. The highest BCUT2D eigenvalue weighted by Crippen LogP contribution is 2.01. The van der Waals surface area contributed by atoms with E-state index in [9.17, 15) is 4.79 Å². The van der Waals surface area contributed by atoms with Gasteiger partial charge in [0, 0.05) is 0 Å². The Hall–Kier alpha value is -1.05. The molecule has 2 heteroatoms. The first kappa shape index (κ1) is 9.95. The molecule has 0 atom stereocenters. The van der Waals surface area contributed by atoms with Crippen LogP contribution >= 0.6 is 0 Å². The van der Waals surface area contributed by atoms with E-state index in [1.807, 2.05) is 26.0 Å². The lowest BCUT2D eigenvalue weighted by molar-refractivity contribution is -0.135. The van der Waals surface area contributed by atoms with Crippen molar-refractivity contribution in [2.45, 2.75) is 20.3 Å². The van der Waals surface area contributed by atoms with Crippen molar-refractivity contribution in [1.29, 1.82) is 0 Å². The molecule has 0 heterocycles. The summed E-state index contributed by atoms with van der Waals surface area (Å²) >= 11 is 0. The fourth-order valence-electron chi connectivity index (χ4n) is 0.737. The van der Waals surface area contributed by atoms with Crippen molar-refractivity contribution in [1.82, 2.24) is 0 Å². The minimum atomic E-state index is -0.273. The monoisotopic (exact) mass is 154 g/mol. The second kappa shape index (κ2) is 5.71. The van der Waals surface area contributed by atoms with Gasteiger partial charge in [0.05, 0.1) is 12.7 Å². The highest BCUT2D eigenvalue weighted by molar-refractivity contribution is 5.91. The summed E-state index contributed by atoms with van der Waals surface area (Å²) in [4.78, 5) is 11.0. The van der Waals surface area contributed by atoms with Crippen LogP contribution in [-0.2, 0) is 9.53 Å². The zero-order valence-corrected chi connectivity index (χ0v) is 7.26. The maximum Gasteiger partial charge on any atom is 0.337 e. The van der Waals surface area contributed by atoms with E-state index in [-0.39, 0.29) is 5.97 Å². The Bertz CT molecular complexity index is 178. The van der Waals surface area contributed by atoms with E-state index in [0.717, 1.165) is 6.42 Å². The molecule has 0 fully saturated rings. The van der Waals surface area contributed by atoms with Crippen LogP contribution in [0, 0.1) is 0 Å². The molecule has 0 spiro atoms. The van der Waals surface area contributed by atoms with Gasteiger partial charge >= 0.3 is 5.97 Å². The van der Waals surface area contributed by atoms with E-state index >= 15 is 0 Å². The molecule has 0 aliphatic rings. The molecule has 0 aromatic heterocycles. The van der Waals surface area contributed by atoms with Crippen molar-refractivity contribution in [3.63, 3.8) is 0 Å². The number of ether oxygens (including phenoxy) is 1. The van der Waals surface area contributed by atoms with Crippen LogP contribution in [-0.4, -0.2) is 13.1 Å².